The molecule has 1 fully saturated rings. The highest BCUT2D eigenvalue weighted by Crippen LogP contribution is 2.30. The molecule has 0 saturated heterocycles. The molecule has 3 rings (SSSR count). The first kappa shape index (κ1) is 28.4. The predicted octanol–water partition coefficient (Wildman–Crippen LogP) is 5.43. The second-order valence-electron chi connectivity index (χ2n) is 9.13. The van der Waals surface area contributed by atoms with Crippen molar-refractivity contribution in [2.24, 2.45) is 11.7 Å². The topological polar surface area (TPSA) is 97.1 Å². The van der Waals surface area contributed by atoms with Gasteiger partial charge in [0, 0.05) is 36.9 Å². The molecule has 1 aliphatic carbocycles. The molecule has 0 aromatic carbocycles. The molecule has 7 nitrogen and oxygen atoms in total. The number of ether oxygens (including phenoxy) is 1. The van der Waals surface area contributed by atoms with Gasteiger partial charge in [0.2, 0.25) is 0 Å². The molecule has 11 heteroatoms. The Labute approximate surface area is 215 Å². The number of alkyl halides is 3. The van der Waals surface area contributed by atoms with Crippen LogP contribution in [0, 0.1) is 5.92 Å². The van der Waals surface area contributed by atoms with Gasteiger partial charge in [0.25, 0.3) is 0 Å². The van der Waals surface area contributed by atoms with E-state index in [1.807, 2.05) is 24.3 Å². The Morgan fingerprint density at radius 2 is 1.92 bits per heavy atom. The van der Waals surface area contributed by atoms with E-state index in [1.54, 1.807) is 6.20 Å². The van der Waals surface area contributed by atoms with Gasteiger partial charge < -0.3 is 21.7 Å². The lowest BCUT2D eigenvalue weighted by atomic mass is 9.91. The molecule has 0 bridgehead atoms. The van der Waals surface area contributed by atoms with Crippen LogP contribution < -0.4 is 21.7 Å². The number of nitrogens with two attached hydrogens (primary N) is 1. The van der Waals surface area contributed by atoms with Gasteiger partial charge in [0.05, 0.1) is 17.3 Å². The van der Waals surface area contributed by atoms with Crippen molar-refractivity contribution in [2.75, 3.05) is 36.9 Å². The number of hydrogen-bond donors (Lipinski definition) is 4. The zero-order chi connectivity index (χ0) is 26.0. The van der Waals surface area contributed by atoms with Crippen molar-refractivity contribution in [3.63, 3.8) is 0 Å². The van der Waals surface area contributed by atoms with Crippen LogP contribution in [0.5, 0.6) is 0 Å². The highest BCUT2D eigenvalue weighted by Gasteiger charge is 2.29. The van der Waals surface area contributed by atoms with Gasteiger partial charge in [-0.2, -0.15) is 0 Å². The van der Waals surface area contributed by atoms with E-state index < -0.39 is 6.36 Å². The fraction of sp³-hybridized carbons (Fsp3) is 0.600. The molecule has 1 aliphatic rings. The van der Waals surface area contributed by atoms with Crippen LogP contribution in [0.3, 0.4) is 0 Å². The number of halogens is 4. The third-order valence-electron chi connectivity index (χ3n) is 6.48. The summed E-state index contributed by atoms with van der Waals surface area (Å²) in [4.78, 5) is 9.19. The Morgan fingerprint density at radius 3 is 2.61 bits per heavy atom. The Hall–Kier alpha value is -2.14. The van der Waals surface area contributed by atoms with Gasteiger partial charge in [-0.1, -0.05) is 31.0 Å². The summed E-state index contributed by atoms with van der Waals surface area (Å²) in [5, 5.41) is 10.6. The quantitative estimate of drug-likeness (QED) is 0.257. The molecule has 2 aromatic heterocycles. The number of aromatic nitrogens is 2. The van der Waals surface area contributed by atoms with Crippen LogP contribution in [0.1, 0.15) is 45.4 Å². The van der Waals surface area contributed by atoms with Crippen LogP contribution in [0.15, 0.2) is 30.5 Å². The van der Waals surface area contributed by atoms with Crippen molar-refractivity contribution >= 4 is 23.2 Å². The Morgan fingerprint density at radius 1 is 1.17 bits per heavy atom. The molecule has 5 N–H and O–H groups in total. The van der Waals surface area contributed by atoms with Crippen molar-refractivity contribution in [1.29, 1.82) is 0 Å². The van der Waals surface area contributed by atoms with Gasteiger partial charge in [0.15, 0.2) is 0 Å². The van der Waals surface area contributed by atoms with E-state index in [9.17, 15) is 13.2 Å². The number of nitrogens with zero attached hydrogens (tertiary/aromatic N) is 2. The molecule has 1 saturated carbocycles. The van der Waals surface area contributed by atoms with Crippen molar-refractivity contribution in [2.45, 2.75) is 63.9 Å². The fourth-order valence-corrected chi connectivity index (χ4v) is 4.61. The van der Waals surface area contributed by atoms with E-state index in [-0.39, 0.29) is 25.2 Å². The SMILES string of the molecule is CCC(CCN)CNc1cccc(-c2cc(NC3CCC(NCCOC(F)(F)F)CC3)ncc2Cl)n1. The first-order valence-corrected chi connectivity index (χ1v) is 12.9. The van der Waals surface area contributed by atoms with Crippen molar-refractivity contribution in [3.05, 3.63) is 35.5 Å². The fourth-order valence-electron chi connectivity index (χ4n) is 4.41. The van der Waals surface area contributed by atoms with Crippen molar-refractivity contribution in [3.8, 4) is 11.3 Å². The Bertz CT molecular complexity index is 940. The summed E-state index contributed by atoms with van der Waals surface area (Å²) in [5.74, 6) is 2.01. The zero-order valence-electron chi connectivity index (χ0n) is 20.6. The Kier molecular flexibility index (Phi) is 11.0. The molecule has 0 spiro atoms. The monoisotopic (exact) mass is 528 g/mol. The van der Waals surface area contributed by atoms with E-state index in [0.29, 0.717) is 17.5 Å². The lowest BCUT2D eigenvalue weighted by Gasteiger charge is -2.30. The van der Waals surface area contributed by atoms with Crippen LogP contribution in [0.4, 0.5) is 24.8 Å². The summed E-state index contributed by atoms with van der Waals surface area (Å²) in [6.45, 7) is 3.45. The maximum atomic E-state index is 12.1. The van der Waals surface area contributed by atoms with Gasteiger partial charge in [0.1, 0.15) is 11.6 Å². The lowest BCUT2D eigenvalue weighted by molar-refractivity contribution is -0.323. The van der Waals surface area contributed by atoms with Gasteiger partial charge in [-0.3, -0.25) is 4.74 Å². The highest BCUT2D eigenvalue weighted by molar-refractivity contribution is 6.33. The number of hydrogen-bond acceptors (Lipinski definition) is 7. The maximum absolute atomic E-state index is 12.1. The number of rotatable bonds is 13. The maximum Gasteiger partial charge on any atom is 0.522 e. The summed E-state index contributed by atoms with van der Waals surface area (Å²) in [6, 6.07) is 8.14. The van der Waals surface area contributed by atoms with Gasteiger partial charge in [-0.15, -0.1) is 13.2 Å². The van der Waals surface area contributed by atoms with Crippen LogP contribution in [0.25, 0.3) is 11.3 Å². The minimum atomic E-state index is -4.58. The summed E-state index contributed by atoms with van der Waals surface area (Å²) < 4.78 is 40.1. The normalized spacial score (nSPS) is 19.2. The summed E-state index contributed by atoms with van der Waals surface area (Å²) in [7, 11) is 0. The van der Waals surface area contributed by atoms with E-state index >= 15 is 0 Å². The second kappa shape index (κ2) is 14.0. The molecular weight excluding hydrogens is 493 g/mol. The van der Waals surface area contributed by atoms with E-state index in [1.165, 1.54) is 0 Å². The van der Waals surface area contributed by atoms with Crippen LogP contribution in [0.2, 0.25) is 5.02 Å². The third kappa shape index (κ3) is 9.38. The summed E-state index contributed by atoms with van der Waals surface area (Å²) in [6.07, 6.45) is 2.57. The van der Waals surface area contributed by atoms with E-state index in [2.05, 4.69) is 32.6 Å². The molecule has 2 aromatic rings. The minimum absolute atomic E-state index is 0.178. The second-order valence-corrected chi connectivity index (χ2v) is 9.54. The van der Waals surface area contributed by atoms with Crippen LogP contribution in [-0.2, 0) is 4.74 Å². The molecule has 0 radical (unpaired) electrons. The largest absolute Gasteiger partial charge is 0.522 e. The average molecular weight is 529 g/mol. The minimum Gasteiger partial charge on any atom is -0.370 e. The van der Waals surface area contributed by atoms with Gasteiger partial charge >= 0.3 is 6.36 Å². The van der Waals surface area contributed by atoms with Gasteiger partial charge in [-0.05, 0) is 62.8 Å². The highest BCUT2D eigenvalue weighted by atomic mass is 35.5. The summed E-state index contributed by atoms with van der Waals surface area (Å²) >= 11 is 6.47. The molecule has 200 valence electrons. The molecule has 2 heterocycles. The van der Waals surface area contributed by atoms with Crippen molar-refractivity contribution < 1.29 is 17.9 Å². The van der Waals surface area contributed by atoms with E-state index in [4.69, 9.17) is 22.3 Å². The predicted molar refractivity (Wildman–Crippen MR) is 138 cm³/mol. The first-order valence-electron chi connectivity index (χ1n) is 12.5. The first-order chi connectivity index (χ1) is 17.3. The van der Waals surface area contributed by atoms with Crippen molar-refractivity contribution in [1.82, 2.24) is 15.3 Å². The van der Waals surface area contributed by atoms with Crippen LogP contribution >= 0.6 is 11.6 Å². The molecule has 36 heavy (non-hydrogen) atoms. The smallest absolute Gasteiger partial charge is 0.370 e. The number of anilines is 2. The number of nitrogens with one attached hydrogen (secondary N) is 3. The lowest BCUT2D eigenvalue weighted by Crippen LogP contribution is -2.39. The average Bonchev–Trinajstić information content (AvgIpc) is 2.86. The molecular formula is C25H36ClF3N6O. The van der Waals surface area contributed by atoms with Crippen LogP contribution in [-0.4, -0.2) is 54.7 Å². The summed E-state index contributed by atoms with van der Waals surface area (Å²) in [5.41, 5.74) is 7.26. The van der Waals surface area contributed by atoms with E-state index in [0.717, 1.165) is 68.0 Å². The standard InChI is InChI=1S/C25H36ClF3N6O/c1-2-17(10-11-30)15-32-23-5-3-4-22(35-23)20-14-24(33-16-21(20)26)34-19-8-6-18(7-9-19)31-12-13-36-25(27,28)29/h3-5,14,16-19,31H,2,6-13,15,30H2,1H3,(H,32,35)(H,33,34). The molecule has 0 aliphatic heterocycles. The van der Waals surface area contributed by atoms with Gasteiger partial charge in [-0.25, -0.2) is 9.97 Å². The molecule has 1 unspecified atom stereocenters. The number of pyridine rings is 2. The molecule has 0 amide bonds. The zero-order valence-corrected chi connectivity index (χ0v) is 21.3. The molecule has 1 atom stereocenters. The Balaban J connectivity index is 1.53. The third-order valence-corrected chi connectivity index (χ3v) is 6.79.